The van der Waals surface area contributed by atoms with E-state index in [1.54, 1.807) is 6.20 Å². The molecular weight excluding hydrogens is 386 g/mol. The maximum absolute atomic E-state index is 13.4. The number of carbonyl (C=O) groups is 1. The third-order valence-corrected chi connectivity index (χ3v) is 7.98. The van der Waals surface area contributed by atoms with Gasteiger partial charge in [0.1, 0.15) is 5.82 Å². The van der Waals surface area contributed by atoms with Crippen LogP contribution in [0.3, 0.4) is 0 Å². The largest absolute Gasteiger partial charge is 0.353 e. The van der Waals surface area contributed by atoms with Gasteiger partial charge in [-0.25, -0.2) is 14.8 Å². The molecule has 4 bridgehead atoms. The summed E-state index contributed by atoms with van der Waals surface area (Å²) in [5.74, 6) is 3.72. The summed E-state index contributed by atoms with van der Waals surface area (Å²) in [6.45, 7) is 6.66. The first-order chi connectivity index (χ1) is 13.9. The Morgan fingerprint density at radius 3 is 2.41 bits per heavy atom. The molecule has 2 heterocycles. The van der Waals surface area contributed by atoms with Crippen LogP contribution in [0.25, 0.3) is 0 Å². The van der Waals surface area contributed by atoms with Gasteiger partial charge in [0.2, 0.25) is 5.28 Å². The van der Waals surface area contributed by atoms with Crippen molar-refractivity contribution in [3.05, 3.63) is 17.5 Å². The molecular formula is C22H32ClN5O. The third kappa shape index (κ3) is 3.69. The lowest BCUT2D eigenvalue weighted by molar-refractivity contribution is -0.0170. The van der Waals surface area contributed by atoms with E-state index in [9.17, 15) is 4.79 Å². The second-order valence-electron chi connectivity index (χ2n) is 10.3. The molecule has 6 rings (SSSR count). The molecule has 5 aliphatic rings. The number of nitrogens with zero attached hydrogens (tertiary/aromatic N) is 4. The molecule has 5 fully saturated rings. The first-order valence-corrected chi connectivity index (χ1v) is 11.6. The van der Waals surface area contributed by atoms with Crippen LogP contribution in [0.15, 0.2) is 12.3 Å². The van der Waals surface area contributed by atoms with E-state index in [0.717, 1.165) is 36.7 Å². The highest BCUT2D eigenvalue weighted by Gasteiger charge is 2.52. The van der Waals surface area contributed by atoms with Gasteiger partial charge in [-0.15, -0.1) is 0 Å². The first-order valence-electron chi connectivity index (χ1n) is 11.2. The van der Waals surface area contributed by atoms with Crippen molar-refractivity contribution in [2.75, 3.05) is 24.5 Å². The van der Waals surface area contributed by atoms with E-state index in [4.69, 9.17) is 11.6 Å². The van der Waals surface area contributed by atoms with Gasteiger partial charge in [0.15, 0.2) is 0 Å². The van der Waals surface area contributed by atoms with Gasteiger partial charge in [-0.05, 0) is 79.9 Å². The quantitative estimate of drug-likeness (QED) is 0.756. The van der Waals surface area contributed by atoms with E-state index >= 15 is 0 Å². The maximum Gasteiger partial charge on any atom is 0.318 e. The third-order valence-electron chi connectivity index (χ3n) is 7.79. The molecule has 1 saturated heterocycles. The fraction of sp³-hybridized carbons (Fsp3) is 0.773. The van der Waals surface area contributed by atoms with Crippen molar-refractivity contribution in [1.82, 2.24) is 20.2 Å². The molecule has 29 heavy (non-hydrogen) atoms. The number of amides is 2. The summed E-state index contributed by atoms with van der Waals surface area (Å²) in [4.78, 5) is 26.1. The number of hydrogen-bond donors (Lipinski definition) is 1. The Morgan fingerprint density at radius 1 is 1.17 bits per heavy atom. The monoisotopic (exact) mass is 417 g/mol. The average Bonchev–Trinajstić information content (AvgIpc) is 2.66. The Labute approximate surface area is 178 Å². The molecule has 0 aromatic carbocycles. The van der Waals surface area contributed by atoms with Crippen LogP contribution in [0.4, 0.5) is 10.6 Å². The smallest absolute Gasteiger partial charge is 0.318 e. The predicted molar refractivity (Wildman–Crippen MR) is 114 cm³/mol. The Hall–Kier alpha value is -1.56. The lowest BCUT2D eigenvalue weighted by Crippen LogP contribution is -2.65. The van der Waals surface area contributed by atoms with E-state index in [0.29, 0.717) is 12.5 Å². The van der Waals surface area contributed by atoms with E-state index in [-0.39, 0.29) is 22.9 Å². The highest BCUT2D eigenvalue weighted by Crippen LogP contribution is 2.55. The lowest BCUT2D eigenvalue weighted by atomic mass is 9.53. The van der Waals surface area contributed by atoms with E-state index in [1.165, 1.54) is 38.5 Å². The summed E-state index contributed by atoms with van der Waals surface area (Å²) in [5, 5.41) is 3.83. The fourth-order valence-corrected chi connectivity index (χ4v) is 7.05. The lowest BCUT2D eigenvalue weighted by Gasteiger charge is -2.57. The average molecular weight is 418 g/mol. The van der Waals surface area contributed by atoms with Gasteiger partial charge in [-0.3, -0.25) is 0 Å². The van der Waals surface area contributed by atoms with Crippen LogP contribution in [0, 0.1) is 23.7 Å². The molecule has 1 atom stereocenters. The summed E-state index contributed by atoms with van der Waals surface area (Å²) >= 11 is 5.99. The van der Waals surface area contributed by atoms with Crippen LogP contribution in [0.1, 0.15) is 52.4 Å². The number of urea groups is 1. The minimum absolute atomic E-state index is 0.0602. The number of carbonyl (C=O) groups excluding carboxylic acids is 1. The van der Waals surface area contributed by atoms with Crippen molar-refractivity contribution in [1.29, 1.82) is 0 Å². The van der Waals surface area contributed by atoms with Crippen LogP contribution in [0.2, 0.25) is 5.28 Å². The number of nitrogens with one attached hydrogen (secondary N) is 1. The minimum Gasteiger partial charge on any atom is -0.353 e. The summed E-state index contributed by atoms with van der Waals surface area (Å²) in [6, 6.07) is 2.20. The molecule has 0 spiro atoms. The number of halogens is 1. The maximum atomic E-state index is 13.4. The predicted octanol–water partition coefficient (Wildman–Crippen LogP) is 3.96. The van der Waals surface area contributed by atoms with Gasteiger partial charge in [-0.2, -0.15) is 0 Å². The van der Waals surface area contributed by atoms with Crippen molar-refractivity contribution in [2.24, 2.45) is 23.7 Å². The summed E-state index contributed by atoms with van der Waals surface area (Å²) in [5.41, 5.74) is 0.0602. The second kappa shape index (κ2) is 7.29. The van der Waals surface area contributed by atoms with E-state index < -0.39 is 0 Å². The molecule has 2 amide bonds. The van der Waals surface area contributed by atoms with Crippen LogP contribution in [0.5, 0.6) is 0 Å². The molecule has 0 radical (unpaired) electrons. The number of rotatable bonds is 3. The van der Waals surface area contributed by atoms with Gasteiger partial charge in [-0.1, -0.05) is 13.8 Å². The fourth-order valence-electron chi connectivity index (χ4n) is 6.91. The Kier molecular flexibility index (Phi) is 4.88. The summed E-state index contributed by atoms with van der Waals surface area (Å²) < 4.78 is 0. The van der Waals surface area contributed by atoms with Crippen LogP contribution >= 0.6 is 11.6 Å². The van der Waals surface area contributed by atoms with Crippen molar-refractivity contribution < 1.29 is 4.79 Å². The number of piperazine rings is 1. The highest BCUT2D eigenvalue weighted by atomic mass is 35.5. The second-order valence-corrected chi connectivity index (χ2v) is 10.6. The minimum atomic E-state index is 0.0602. The Bertz CT molecular complexity index is 749. The Morgan fingerprint density at radius 2 is 1.83 bits per heavy atom. The van der Waals surface area contributed by atoms with E-state index in [2.05, 4.69) is 38.9 Å². The van der Waals surface area contributed by atoms with Crippen molar-refractivity contribution in [3.63, 3.8) is 0 Å². The summed E-state index contributed by atoms with van der Waals surface area (Å²) in [6.07, 6.45) is 9.45. The molecule has 1 aromatic heterocycles. The molecule has 158 valence electrons. The standard InChI is InChI=1S/C22H32ClN5O/c1-14(2)18-13-27(19-3-4-24-20(23)25-19)5-6-28(18)21(29)26-22-10-15-7-16(11-22)9-17(8-15)12-22/h3-4,14-18H,5-13H2,1-2H3,(H,26,29). The van der Waals surface area contributed by atoms with Crippen LogP contribution < -0.4 is 10.2 Å². The van der Waals surface area contributed by atoms with Gasteiger partial charge >= 0.3 is 6.03 Å². The molecule has 1 aromatic rings. The summed E-state index contributed by atoms with van der Waals surface area (Å²) in [7, 11) is 0. The zero-order valence-corrected chi connectivity index (χ0v) is 18.2. The number of aromatic nitrogens is 2. The molecule has 1 aliphatic heterocycles. The normalized spacial score (nSPS) is 36.0. The van der Waals surface area contributed by atoms with E-state index in [1.807, 2.05) is 6.07 Å². The van der Waals surface area contributed by atoms with Crippen molar-refractivity contribution in [2.45, 2.75) is 64.0 Å². The first kappa shape index (κ1) is 19.4. The van der Waals surface area contributed by atoms with Gasteiger partial charge in [0.05, 0.1) is 6.04 Å². The molecule has 1 N–H and O–H groups in total. The van der Waals surface area contributed by atoms with Crippen molar-refractivity contribution >= 4 is 23.4 Å². The molecule has 7 heteroatoms. The Balaban J connectivity index is 1.29. The zero-order valence-electron chi connectivity index (χ0n) is 17.5. The number of hydrogen-bond acceptors (Lipinski definition) is 4. The molecule has 4 saturated carbocycles. The van der Waals surface area contributed by atoms with Crippen LogP contribution in [-0.4, -0.2) is 52.1 Å². The highest BCUT2D eigenvalue weighted by molar-refractivity contribution is 6.28. The van der Waals surface area contributed by atoms with Gasteiger partial charge in [0, 0.05) is 31.4 Å². The number of anilines is 1. The topological polar surface area (TPSA) is 61.4 Å². The molecule has 4 aliphatic carbocycles. The SMILES string of the molecule is CC(C)C1CN(c2ccnc(Cl)n2)CCN1C(=O)NC12CC3CC(CC(C3)C1)C2. The zero-order chi connectivity index (χ0) is 20.2. The van der Waals surface area contributed by atoms with Crippen LogP contribution in [-0.2, 0) is 0 Å². The van der Waals surface area contributed by atoms with Gasteiger partial charge in [0.25, 0.3) is 0 Å². The van der Waals surface area contributed by atoms with Crippen molar-refractivity contribution in [3.8, 4) is 0 Å². The van der Waals surface area contributed by atoms with Gasteiger partial charge < -0.3 is 15.1 Å². The molecule has 6 nitrogen and oxygen atoms in total. The molecule has 1 unspecified atom stereocenters.